The molecule has 0 radical (unpaired) electrons. The number of para-hydroxylation sites is 1. The Labute approximate surface area is 111 Å². The van der Waals surface area contributed by atoms with Crippen LogP contribution in [0, 0.1) is 0 Å². The van der Waals surface area contributed by atoms with Crippen molar-refractivity contribution in [3.05, 3.63) is 42.2 Å². The van der Waals surface area contributed by atoms with Gasteiger partial charge in [-0.1, -0.05) is 23.4 Å². The molecule has 1 fully saturated rings. The molecule has 2 unspecified atom stereocenters. The number of aliphatic hydroxyl groups is 1. The molecule has 5 heteroatoms. The third-order valence-corrected chi connectivity index (χ3v) is 3.45. The van der Waals surface area contributed by atoms with Crippen molar-refractivity contribution in [1.82, 2.24) is 15.0 Å². The fraction of sp³-hybridized carbons (Fsp3) is 0.429. The summed E-state index contributed by atoms with van der Waals surface area (Å²) >= 11 is 0. The minimum atomic E-state index is -0.685. The maximum Gasteiger partial charge on any atom is 0.124 e. The van der Waals surface area contributed by atoms with Crippen LogP contribution in [0.1, 0.15) is 31.1 Å². The average molecular weight is 259 g/mol. The van der Waals surface area contributed by atoms with Crippen LogP contribution in [0.5, 0.6) is 0 Å². The van der Waals surface area contributed by atoms with Crippen molar-refractivity contribution in [3.63, 3.8) is 0 Å². The second-order valence-electron chi connectivity index (χ2n) is 4.76. The molecule has 2 atom stereocenters. The molecule has 5 nitrogen and oxygen atoms in total. The van der Waals surface area contributed by atoms with Crippen molar-refractivity contribution in [3.8, 4) is 5.69 Å². The van der Waals surface area contributed by atoms with E-state index in [1.54, 1.807) is 10.9 Å². The number of ether oxygens (including phenoxy) is 1. The fourth-order valence-corrected chi connectivity index (χ4v) is 2.42. The molecular formula is C14H17N3O2. The molecule has 1 aliphatic heterocycles. The Morgan fingerprint density at radius 2 is 2.11 bits per heavy atom. The lowest BCUT2D eigenvalue weighted by molar-refractivity contribution is -0.0655. The van der Waals surface area contributed by atoms with Crippen molar-refractivity contribution in [2.75, 3.05) is 6.61 Å². The summed E-state index contributed by atoms with van der Waals surface area (Å²) in [6.07, 6.45) is 3.80. The Morgan fingerprint density at radius 1 is 1.26 bits per heavy atom. The highest BCUT2D eigenvalue weighted by Crippen LogP contribution is 2.26. The number of rotatable bonds is 3. The van der Waals surface area contributed by atoms with Gasteiger partial charge in [0.05, 0.1) is 23.7 Å². The molecule has 2 heterocycles. The number of aromatic nitrogens is 3. The summed E-state index contributed by atoms with van der Waals surface area (Å²) in [6, 6.07) is 9.69. The Balaban J connectivity index is 1.87. The van der Waals surface area contributed by atoms with Gasteiger partial charge in [-0.15, -0.1) is 5.10 Å². The van der Waals surface area contributed by atoms with Gasteiger partial charge in [0.2, 0.25) is 0 Å². The number of hydrogen-bond acceptors (Lipinski definition) is 4. The first kappa shape index (κ1) is 12.3. The Hall–Kier alpha value is -1.72. The van der Waals surface area contributed by atoms with Crippen LogP contribution in [0.15, 0.2) is 36.5 Å². The number of benzene rings is 1. The van der Waals surface area contributed by atoms with E-state index in [2.05, 4.69) is 10.3 Å². The zero-order chi connectivity index (χ0) is 13.1. The van der Waals surface area contributed by atoms with Gasteiger partial charge in [0, 0.05) is 6.61 Å². The van der Waals surface area contributed by atoms with E-state index in [9.17, 15) is 5.11 Å². The van der Waals surface area contributed by atoms with Gasteiger partial charge in [-0.05, 0) is 31.4 Å². The molecule has 19 heavy (non-hydrogen) atoms. The lowest BCUT2D eigenvalue weighted by Gasteiger charge is -2.27. The predicted molar refractivity (Wildman–Crippen MR) is 69.9 cm³/mol. The minimum Gasteiger partial charge on any atom is -0.384 e. The number of hydrogen-bond donors (Lipinski definition) is 1. The summed E-state index contributed by atoms with van der Waals surface area (Å²) in [6.45, 7) is 0.717. The molecule has 0 bridgehead atoms. The molecule has 0 aliphatic carbocycles. The lowest BCUT2D eigenvalue weighted by Crippen LogP contribution is -2.27. The highest BCUT2D eigenvalue weighted by atomic mass is 16.5. The van der Waals surface area contributed by atoms with Crippen LogP contribution in [0.2, 0.25) is 0 Å². The van der Waals surface area contributed by atoms with Gasteiger partial charge < -0.3 is 9.84 Å². The normalized spacial score (nSPS) is 21.2. The first-order valence-corrected chi connectivity index (χ1v) is 6.62. The first-order chi connectivity index (χ1) is 9.36. The summed E-state index contributed by atoms with van der Waals surface area (Å²) in [5.41, 5.74) is 1.57. The van der Waals surface area contributed by atoms with Gasteiger partial charge in [-0.25, -0.2) is 4.68 Å². The van der Waals surface area contributed by atoms with E-state index in [-0.39, 0.29) is 6.10 Å². The highest BCUT2D eigenvalue weighted by Gasteiger charge is 2.27. The maximum absolute atomic E-state index is 10.5. The van der Waals surface area contributed by atoms with Crippen LogP contribution >= 0.6 is 0 Å². The van der Waals surface area contributed by atoms with E-state index in [0.717, 1.165) is 24.9 Å². The molecule has 1 N–H and O–H groups in total. The van der Waals surface area contributed by atoms with Crippen molar-refractivity contribution in [2.24, 2.45) is 0 Å². The smallest absolute Gasteiger partial charge is 0.124 e. The predicted octanol–water partition coefficient (Wildman–Crippen LogP) is 1.87. The molecule has 100 valence electrons. The molecule has 2 aromatic rings. The third-order valence-electron chi connectivity index (χ3n) is 3.45. The van der Waals surface area contributed by atoms with Gasteiger partial charge in [-0.2, -0.15) is 0 Å². The third kappa shape index (κ3) is 2.52. The van der Waals surface area contributed by atoms with Crippen LogP contribution in [0.25, 0.3) is 5.69 Å². The van der Waals surface area contributed by atoms with Crippen LogP contribution < -0.4 is 0 Å². The minimum absolute atomic E-state index is 0.158. The summed E-state index contributed by atoms with van der Waals surface area (Å²) < 4.78 is 7.30. The van der Waals surface area contributed by atoms with Gasteiger partial charge in [-0.3, -0.25) is 0 Å². The summed E-state index contributed by atoms with van der Waals surface area (Å²) in [5.74, 6) is 0. The van der Waals surface area contributed by atoms with Crippen LogP contribution in [0.4, 0.5) is 0 Å². The summed E-state index contributed by atoms with van der Waals surface area (Å²) in [5, 5.41) is 18.4. The second kappa shape index (κ2) is 5.50. The van der Waals surface area contributed by atoms with E-state index < -0.39 is 6.10 Å². The van der Waals surface area contributed by atoms with E-state index in [0.29, 0.717) is 12.3 Å². The standard InChI is InChI=1S/C14H17N3O2/c18-14(13-8-4-5-9-19-13)12-10-15-16-17(12)11-6-2-1-3-7-11/h1-3,6-7,10,13-14,18H,4-5,8-9H2. The Kier molecular flexibility index (Phi) is 3.57. The van der Waals surface area contributed by atoms with Gasteiger partial charge in [0.25, 0.3) is 0 Å². The lowest BCUT2D eigenvalue weighted by atomic mass is 10.0. The van der Waals surface area contributed by atoms with Gasteiger partial charge in [0.1, 0.15) is 6.10 Å². The molecule has 1 saturated heterocycles. The van der Waals surface area contributed by atoms with Crippen molar-refractivity contribution < 1.29 is 9.84 Å². The SMILES string of the molecule is OC(c1cnnn1-c1ccccc1)C1CCCCO1. The van der Waals surface area contributed by atoms with Gasteiger partial charge in [0.15, 0.2) is 0 Å². The molecule has 0 saturated carbocycles. The molecule has 3 rings (SSSR count). The summed E-state index contributed by atoms with van der Waals surface area (Å²) in [4.78, 5) is 0. The summed E-state index contributed by atoms with van der Waals surface area (Å²) in [7, 11) is 0. The fourth-order valence-electron chi connectivity index (χ4n) is 2.42. The van der Waals surface area contributed by atoms with Crippen LogP contribution in [0.3, 0.4) is 0 Å². The van der Waals surface area contributed by atoms with E-state index >= 15 is 0 Å². The number of aliphatic hydroxyl groups excluding tert-OH is 1. The van der Waals surface area contributed by atoms with E-state index in [1.807, 2.05) is 30.3 Å². The van der Waals surface area contributed by atoms with Crippen LogP contribution in [-0.2, 0) is 4.74 Å². The van der Waals surface area contributed by atoms with E-state index in [4.69, 9.17) is 4.74 Å². The van der Waals surface area contributed by atoms with Crippen LogP contribution in [-0.4, -0.2) is 32.8 Å². The maximum atomic E-state index is 10.5. The monoisotopic (exact) mass is 259 g/mol. The first-order valence-electron chi connectivity index (χ1n) is 6.62. The molecule has 1 aliphatic rings. The number of nitrogens with zero attached hydrogens (tertiary/aromatic N) is 3. The molecule has 0 spiro atoms. The van der Waals surface area contributed by atoms with E-state index in [1.165, 1.54) is 0 Å². The van der Waals surface area contributed by atoms with Crippen molar-refractivity contribution in [1.29, 1.82) is 0 Å². The zero-order valence-corrected chi connectivity index (χ0v) is 10.6. The molecule has 0 amide bonds. The topological polar surface area (TPSA) is 60.2 Å². The zero-order valence-electron chi connectivity index (χ0n) is 10.6. The second-order valence-corrected chi connectivity index (χ2v) is 4.76. The highest BCUT2D eigenvalue weighted by molar-refractivity contribution is 5.32. The Bertz CT molecular complexity index is 520. The molecular weight excluding hydrogens is 242 g/mol. The van der Waals surface area contributed by atoms with Crippen molar-refractivity contribution >= 4 is 0 Å². The average Bonchev–Trinajstić information content (AvgIpc) is 2.98. The Morgan fingerprint density at radius 3 is 2.84 bits per heavy atom. The quantitative estimate of drug-likeness (QED) is 0.914. The largest absolute Gasteiger partial charge is 0.384 e. The molecule has 1 aromatic carbocycles. The van der Waals surface area contributed by atoms with Gasteiger partial charge >= 0.3 is 0 Å². The van der Waals surface area contributed by atoms with Crippen molar-refractivity contribution in [2.45, 2.75) is 31.5 Å². The molecule has 1 aromatic heterocycles.